The Morgan fingerprint density at radius 3 is 2.48 bits per heavy atom. The molecule has 0 aliphatic heterocycles. The standard InChI is InChI=1S/C18H21NO2/c1-12-9-10-15(11-13(12)2)18(20)19-14(3)16-7-5-6-8-17(16)21-4/h5-11,14H,1-4H3,(H,19,20)/t14-/m0/s1. The molecule has 2 rings (SSSR count). The molecular weight excluding hydrogens is 262 g/mol. The van der Waals surface area contributed by atoms with Gasteiger partial charge >= 0.3 is 0 Å². The molecule has 0 saturated heterocycles. The minimum Gasteiger partial charge on any atom is -0.496 e. The molecule has 1 atom stereocenters. The number of benzene rings is 2. The number of methoxy groups -OCH3 is 1. The SMILES string of the molecule is COc1ccccc1[C@H](C)NC(=O)c1ccc(C)c(C)c1. The Morgan fingerprint density at radius 2 is 1.81 bits per heavy atom. The van der Waals surface area contributed by atoms with Crippen molar-refractivity contribution in [3.8, 4) is 5.75 Å². The smallest absolute Gasteiger partial charge is 0.251 e. The van der Waals surface area contributed by atoms with Crippen LogP contribution in [-0.2, 0) is 0 Å². The summed E-state index contributed by atoms with van der Waals surface area (Å²) in [6.07, 6.45) is 0. The lowest BCUT2D eigenvalue weighted by atomic mass is 10.0. The molecule has 2 aromatic rings. The zero-order chi connectivity index (χ0) is 15.4. The monoisotopic (exact) mass is 283 g/mol. The van der Waals surface area contributed by atoms with E-state index in [9.17, 15) is 4.79 Å². The first kappa shape index (κ1) is 15.1. The molecule has 0 fully saturated rings. The molecule has 0 unspecified atom stereocenters. The second-order valence-corrected chi connectivity index (χ2v) is 5.24. The molecule has 110 valence electrons. The van der Waals surface area contributed by atoms with Gasteiger partial charge in [0.1, 0.15) is 5.75 Å². The van der Waals surface area contributed by atoms with Gasteiger partial charge in [0, 0.05) is 11.1 Å². The van der Waals surface area contributed by atoms with Gasteiger partial charge in [0.15, 0.2) is 0 Å². The van der Waals surface area contributed by atoms with E-state index in [2.05, 4.69) is 5.32 Å². The summed E-state index contributed by atoms with van der Waals surface area (Å²) < 4.78 is 5.34. The predicted octanol–water partition coefficient (Wildman–Crippen LogP) is 3.80. The van der Waals surface area contributed by atoms with Crippen molar-refractivity contribution in [3.05, 3.63) is 64.7 Å². The van der Waals surface area contributed by atoms with Crippen LogP contribution in [0.25, 0.3) is 0 Å². The fraction of sp³-hybridized carbons (Fsp3) is 0.278. The number of ether oxygens (including phenoxy) is 1. The average molecular weight is 283 g/mol. The quantitative estimate of drug-likeness (QED) is 0.926. The topological polar surface area (TPSA) is 38.3 Å². The van der Waals surface area contributed by atoms with Gasteiger partial charge in [-0.25, -0.2) is 0 Å². The number of carbonyl (C=O) groups excluding carboxylic acids is 1. The Hall–Kier alpha value is -2.29. The third-order valence-electron chi connectivity index (χ3n) is 3.72. The van der Waals surface area contributed by atoms with Gasteiger partial charge in [0.05, 0.1) is 13.2 Å². The van der Waals surface area contributed by atoms with Crippen molar-refractivity contribution in [1.82, 2.24) is 5.32 Å². The molecular formula is C18H21NO2. The highest BCUT2D eigenvalue weighted by molar-refractivity contribution is 5.94. The average Bonchev–Trinajstić information content (AvgIpc) is 2.49. The zero-order valence-corrected chi connectivity index (χ0v) is 12.9. The molecule has 0 spiro atoms. The van der Waals surface area contributed by atoms with Crippen molar-refractivity contribution in [2.75, 3.05) is 7.11 Å². The first-order valence-electron chi connectivity index (χ1n) is 7.04. The molecule has 0 heterocycles. The molecule has 0 saturated carbocycles. The van der Waals surface area contributed by atoms with Crippen LogP contribution in [0.3, 0.4) is 0 Å². The first-order valence-corrected chi connectivity index (χ1v) is 7.04. The Balaban J connectivity index is 2.16. The predicted molar refractivity (Wildman–Crippen MR) is 84.8 cm³/mol. The van der Waals surface area contributed by atoms with Crippen molar-refractivity contribution in [2.45, 2.75) is 26.8 Å². The maximum Gasteiger partial charge on any atom is 0.251 e. The van der Waals surface area contributed by atoms with E-state index in [4.69, 9.17) is 4.74 Å². The van der Waals surface area contributed by atoms with Crippen molar-refractivity contribution in [1.29, 1.82) is 0 Å². The molecule has 1 N–H and O–H groups in total. The summed E-state index contributed by atoms with van der Waals surface area (Å²) in [6.45, 7) is 6.00. The number of carbonyl (C=O) groups is 1. The van der Waals surface area contributed by atoms with Crippen LogP contribution in [-0.4, -0.2) is 13.0 Å². The fourth-order valence-electron chi connectivity index (χ4n) is 2.26. The second kappa shape index (κ2) is 6.44. The van der Waals surface area contributed by atoms with Crippen molar-refractivity contribution < 1.29 is 9.53 Å². The zero-order valence-electron chi connectivity index (χ0n) is 12.9. The Morgan fingerprint density at radius 1 is 1.10 bits per heavy atom. The van der Waals surface area contributed by atoms with Crippen LogP contribution in [0.5, 0.6) is 5.75 Å². The minimum atomic E-state index is -0.116. The third kappa shape index (κ3) is 3.43. The summed E-state index contributed by atoms with van der Waals surface area (Å²) >= 11 is 0. The van der Waals surface area contributed by atoms with Crippen LogP contribution >= 0.6 is 0 Å². The minimum absolute atomic E-state index is 0.0727. The maximum atomic E-state index is 12.3. The molecule has 2 aromatic carbocycles. The highest BCUT2D eigenvalue weighted by Crippen LogP contribution is 2.24. The highest BCUT2D eigenvalue weighted by atomic mass is 16.5. The lowest BCUT2D eigenvalue weighted by molar-refractivity contribution is 0.0939. The van der Waals surface area contributed by atoms with E-state index in [1.54, 1.807) is 7.11 Å². The molecule has 1 amide bonds. The Labute approximate surface area is 126 Å². The Kier molecular flexibility index (Phi) is 4.63. The normalized spacial score (nSPS) is 11.8. The lowest BCUT2D eigenvalue weighted by Gasteiger charge is -2.17. The number of amides is 1. The number of hydrogen-bond acceptors (Lipinski definition) is 2. The van der Waals surface area contributed by atoms with Crippen molar-refractivity contribution in [2.24, 2.45) is 0 Å². The van der Waals surface area contributed by atoms with Crippen LogP contribution in [0.15, 0.2) is 42.5 Å². The second-order valence-electron chi connectivity index (χ2n) is 5.24. The molecule has 0 radical (unpaired) electrons. The molecule has 0 aromatic heterocycles. The van der Waals surface area contributed by atoms with E-state index < -0.39 is 0 Å². The summed E-state index contributed by atoms with van der Waals surface area (Å²) in [4.78, 5) is 12.3. The largest absolute Gasteiger partial charge is 0.496 e. The van der Waals surface area contributed by atoms with Gasteiger partial charge < -0.3 is 10.1 Å². The summed E-state index contributed by atoms with van der Waals surface area (Å²) in [5.74, 6) is 0.710. The summed E-state index contributed by atoms with van der Waals surface area (Å²) in [5, 5.41) is 3.01. The number of para-hydroxylation sites is 1. The van der Waals surface area contributed by atoms with E-state index in [1.807, 2.05) is 63.2 Å². The number of hydrogen-bond donors (Lipinski definition) is 1. The summed E-state index contributed by atoms with van der Waals surface area (Å²) in [6, 6.07) is 13.3. The number of nitrogens with one attached hydrogen (secondary N) is 1. The van der Waals surface area contributed by atoms with Crippen LogP contribution in [0.4, 0.5) is 0 Å². The number of aryl methyl sites for hydroxylation is 2. The van der Waals surface area contributed by atoms with Gasteiger partial charge in [0.2, 0.25) is 0 Å². The van der Waals surface area contributed by atoms with Gasteiger partial charge in [-0.15, -0.1) is 0 Å². The van der Waals surface area contributed by atoms with Gasteiger partial charge in [-0.1, -0.05) is 24.3 Å². The van der Waals surface area contributed by atoms with Gasteiger partial charge in [-0.2, -0.15) is 0 Å². The van der Waals surface area contributed by atoms with Gasteiger partial charge in [-0.3, -0.25) is 4.79 Å². The fourth-order valence-corrected chi connectivity index (χ4v) is 2.26. The van der Waals surface area contributed by atoms with Crippen molar-refractivity contribution in [3.63, 3.8) is 0 Å². The van der Waals surface area contributed by atoms with Crippen LogP contribution in [0.2, 0.25) is 0 Å². The van der Waals surface area contributed by atoms with Gasteiger partial charge in [-0.05, 0) is 50.1 Å². The highest BCUT2D eigenvalue weighted by Gasteiger charge is 2.15. The summed E-state index contributed by atoms with van der Waals surface area (Å²) in [5.41, 5.74) is 3.95. The van der Waals surface area contributed by atoms with E-state index in [1.165, 1.54) is 5.56 Å². The Bertz CT molecular complexity index is 649. The van der Waals surface area contributed by atoms with Crippen molar-refractivity contribution >= 4 is 5.91 Å². The van der Waals surface area contributed by atoms with E-state index >= 15 is 0 Å². The number of rotatable bonds is 4. The molecule has 3 nitrogen and oxygen atoms in total. The molecule has 0 aliphatic rings. The lowest BCUT2D eigenvalue weighted by Crippen LogP contribution is -2.27. The molecule has 3 heteroatoms. The molecule has 21 heavy (non-hydrogen) atoms. The third-order valence-corrected chi connectivity index (χ3v) is 3.72. The van der Waals surface area contributed by atoms with E-state index in [-0.39, 0.29) is 11.9 Å². The van der Waals surface area contributed by atoms with Crippen LogP contribution in [0, 0.1) is 13.8 Å². The van der Waals surface area contributed by atoms with Crippen LogP contribution < -0.4 is 10.1 Å². The van der Waals surface area contributed by atoms with E-state index in [0.29, 0.717) is 5.56 Å². The molecule has 0 bridgehead atoms. The van der Waals surface area contributed by atoms with E-state index in [0.717, 1.165) is 16.9 Å². The molecule has 0 aliphatic carbocycles. The maximum absolute atomic E-state index is 12.3. The van der Waals surface area contributed by atoms with Gasteiger partial charge in [0.25, 0.3) is 5.91 Å². The summed E-state index contributed by atoms with van der Waals surface area (Å²) in [7, 11) is 1.64. The first-order chi connectivity index (χ1) is 10.0. The van der Waals surface area contributed by atoms with Crippen LogP contribution in [0.1, 0.15) is 40.0 Å².